The van der Waals surface area contributed by atoms with E-state index >= 15 is 0 Å². The molecule has 0 radical (unpaired) electrons. The van der Waals surface area contributed by atoms with Crippen LogP contribution in [0.1, 0.15) is 25.0 Å². The number of hydrogen-bond donors (Lipinski definition) is 1. The van der Waals surface area contributed by atoms with Gasteiger partial charge in [0.05, 0.1) is 18.2 Å². The maximum atomic E-state index is 13.2. The normalized spacial score (nSPS) is 11.6. The lowest BCUT2D eigenvalue weighted by Gasteiger charge is -2.33. The van der Waals surface area contributed by atoms with E-state index in [1.807, 2.05) is 31.9 Å². The summed E-state index contributed by atoms with van der Waals surface area (Å²) in [6.45, 7) is 4.30. The average Bonchev–Trinajstić information content (AvgIpc) is 2.28. The monoisotopic (exact) mass is 236 g/mol. The molecule has 1 rings (SSSR count). The van der Waals surface area contributed by atoms with Gasteiger partial charge in [0, 0.05) is 12.1 Å². The maximum absolute atomic E-state index is 13.2. The molecule has 0 unspecified atom stereocenters. The fourth-order valence-corrected chi connectivity index (χ4v) is 1.41. The Morgan fingerprint density at radius 1 is 1.41 bits per heavy atom. The third kappa shape index (κ3) is 3.52. The Kier molecular flexibility index (Phi) is 4.22. The van der Waals surface area contributed by atoms with E-state index in [1.165, 1.54) is 12.1 Å². The lowest BCUT2D eigenvalue weighted by Crippen LogP contribution is -2.43. The Morgan fingerprint density at radius 2 is 2.06 bits per heavy atom. The second-order valence-corrected chi connectivity index (χ2v) is 4.79. The largest absolute Gasteiger partial charge is 0.394 e. The quantitative estimate of drug-likeness (QED) is 0.868. The zero-order valence-corrected chi connectivity index (χ0v) is 10.4. The topological polar surface area (TPSA) is 47.3 Å². The summed E-state index contributed by atoms with van der Waals surface area (Å²) >= 11 is 0. The minimum Gasteiger partial charge on any atom is -0.394 e. The van der Waals surface area contributed by atoms with E-state index < -0.39 is 5.82 Å². The summed E-state index contributed by atoms with van der Waals surface area (Å²) in [4.78, 5) is 1.92. The molecule has 0 aliphatic carbocycles. The van der Waals surface area contributed by atoms with Gasteiger partial charge >= 0.3 is 0 Å². The number of benzene rings is 1. The van der Waals surface area contributed by atoms with Crippen LogP contribution in [0.25, 0.3) is 0 Å². The van der Waals surface area contributed by atoms with E-state index in [0.29, 0.717) is 12.1 Å². The van der Waals surface area contributed by atoms with Crippen LogP contribution in [0.4, 0.5) is 4.39 Å². The van der Waals surface area contributed by atoms with Gasteiger partial charge < -0.3 is 5.11 Å². The number of aliphatic hydroxyl groups excluding tert-OH is 1. The highest BCUT2D eigenvalue weighted by Gasteiger charge is 2.22. The Bertz CT molecular complexity index is 438. The van der Waals surface area contributed by atoms with Crippen molar-refractivity contribution in [3.63, 3.8) is 0 Å². The summed E-state index contributed by atoms with van der Waals surface area (Å²) < 4.78 is 13.2. The summed E-state index contributed by atoms with van der Waals surface area (Å²) in [6.07, 6.45) is 0. The van der Waals surface area contributed by atoms with Crippen LogP contribution in [-0.4, -0.2) is 29.2 Å². The van der Waals surface area contributed by atoms with Crippen LogP contribution in [0.3, 0.4) is 0 Å². The van der Waals surface area contributed by atoms with Gasteiger partial charge in [0.2, 0.25) is 0 Å². The van der Waals surface area contributed by atoms with E-state index in [-0.39, 0.29) is 12.1 Å². The predicted octanol–water partition coefficient (Wildman–Crippen LogP) is 1.90. The van der Waals surface area contributed by atoms with E-state index in [9.17, 15) is 9.50 Å². The second kappa shape index (κ2) is 5.26. The van der Waals surface area contributed by atoms with Crippen molar-refractivity contribution in [1.82, 2.24) is 4.90 Å². The minimum absolute atomic E-state index is 0.0178. The molecule has 1 aromatic carbocycles. The lowest BCUT2D eigenvalue weighted by atomic mass is 10.0. The van der Waals surface area contributed by atoms with Gasteiger partial charge in [-0.2, -0.15) is 5.26 Å². The third-order valence-corrected chi connectivity index (χ3v) is 2.93. The Hall–Kier alpha value is -1.44. The lowest BCUT2D eigenvalue weighted by molar-refractivity contribution is 0.0733. The highest BCUT2D eigenvalue weighted by Crippen LogP contribution is 2.17. The highest BCUT2D eigenvalue weighted by atomic mass is 19.1. The third-order valence-electron chi connectivity index (χ3n) is 2.93. The zero-order valence-electron chi connectivity index (χ0n) is 10.4. The first-order valence-electron chi connectivity index (χ1n) is 5.41. The summed E-state index contributed by atoms with van der Waals surface area (Å²) in [5, 5.41) is 18.0. The zero-order chi connectivity index (χ0) is 13.1. The van der Waals surface area contributed by atoms with Crippen molar-refractivity contribution in [1.29, 1.82) is 5.26 Å². The van der Waals surface area contributed by atoms with Crippen LogP contribution in [0, 0.1) is 17.1 Å². The molecule has 0 bridgehead atoms. The minimum atomic E-state index is -0.408. The summed E-state index contributed by atoms with van der Waals surface area (Å²) in [5.74, 6) is -0.408. The van der Waals surface area contributed by atoms with Crippen LogP contribution in [0.2, 0.25) is 0 Å². The van der Waals surface area contributed by atoms with Crippen molar-refractivity contribution in [2.75, 3.05) is 13.7 Å². The van der Waals surface area contributed by atoms with Gasteiger partial charge in [0.15, 0.2) is 0 Å². The molecule has 0 atom stereocenters. The molecule has 1 aromatic rings. The number of aliphatic hydroxyl groups is 1. The van der Waals surface area contributed by atoms with Crippen molar-refractivity contribution in [3.05, 3.63) is 35.1 Å². The fourth-order valence-electron chi connectivity index (χ4n) is 1.41. The SMILES string of the molecule is CN(Cc1cc(F)cc(C#N)c1)C(C)(C)CO. The second-order valence-electron chi connectivity index (χ2n) is 4.79. The first kappa shape index (κ1) is 13.6. The Balaban J connectivity index is 2.89. The van der Waals surface area contributed by atoms with E-state index in [1.54, 1.807) is 6.07 Å². The van der Waals surface area contributed by atoms with Crippen molar-refractivity contribution in [2.24, 2.45) is 0 Å². The highest BCUT2D eigenvalue weighted by molar-refractivity contribution is 5.33. The number of nitriles is 1. The first-order valence-corrected chi connectivity index (χ1v) is 5.41. The summed E-state index contributed by atoms with van der Waals surface area (Å²) in [6, 6.07) is 6.20. The van der Waals surface area contributed by atoms with Gasteiger partial charge in [0.1, 0.15) is 5.82 Å². The average molecular weight is 236 g/mol. The molecule has 0 aromatic heterocycles. The first-order chi connectivity index (χ1) is 7.89. The molecule has 17 heavy (non-hydrogen) atoms. The van der Waals surface area contributed by atoms with E-state index in [0.717, 1.165) is 5.56 Å². The Labute approximate surface area is 101 Å². The van der Waals surface area contributed by atoms with Crippen LogP contribution in [0.15, 0.2) is 18.2 Å². The van der Waals surface area contributed by atoms with Crippen molar-refractivity contribution >= 4 is 0 Å². The Morgan fingerprint density at radius 3 is 2.59 bits per heavy atom. The van der Waals surface area contributed by atoms with Gasteiger partial charge in [-0.25, -0.2) is 4.39 Å². The molecule has 92 valence electrons. The number of likely N-dealkylation sites (N-methyl/N-ethyl adjacent to an activating group) is 1. The standard InChI is InChI=1S/C13H17FN2O/c1-13(2,9-17)16(3)8-11-4-10(7-15)5-12(14)6-11/h4-6,17H,8-9H2,1-3H3. The molecule has 0 saturated heterocycles. The van der Waals surface area contributed by atoms with Crippen LogP contribution >= 0.6 is 0 Å². The van der Waals surface area contributed by atoms with Crippen LogP contribution in [0.5, 0.6) is 0 Å². The molecule has 0 fully saturated rings. The van der Waals surface area contributed by atoms with Crippen molar-refractivity contribution in [2.45, 2.75) is 25.9 Å². The molecule has 4 heteroatoms. The number of nitrogens with zero attached hydrogens (tertiary/aromatic N) is 2. The maximum Gasteiger partial charge on any atom is 0.124 e. The van der Waals surface area contributed by atoms with Gasteiger partial charge in [-0.1, -0.05) is 0 Å². The van der Waals surface area contributed by atoms with Gasteiger partial charge in [-0.15, -0.1) is 0 Å². The number of rotatable bonds is 4. The number of halogens is 1. The van der Waals surface area contributed by atoms with E-state index in [4.69, 9.17) is 5.26 Å². The molecule has 0 heterocycles. The number of hydrogen-bond acceptors (Lipinski definition) is 3. The van der Waals surface area contributed by atoms with E-state index in [2.05, 4.69) is 0 Å². The predicted molar refractivity (Wildman–Crippen MR) is 63.7 cm³/mol. The molecule has 0 aliphatic heterocycles. The van der Waals surface area contributed by atoms with Crippen molar-refractivity contribution in [3.8, 4) is 6.07 Å². The smallest absolute Gasteiger partial charge is 0.124 e. The molecule has 0 saturated carbocycles. The van der Waals surface area contributed by atoms with Crippen LogP contribution in [-0.2, 0) is 6.54 Å². The van der Waals surface area contributed by atoms with Crippen molar-refractivity contribution < 1.29 is 9.50 Å². The molecule has 1 N–H and O–H groups in total. The molecule has 3 nitrogen and oxygen atoms in total. The van der Waals surface area contributed by atoms with Gasteiger partial charge in [0.25, 0.3) is 0 Å². The molecule has 0 spiro atoms. The van der Waals surface area contributed by atoms with Crippen LogP contribution < -0.4 is 0 Å². The molecular formula is C13H17FN2O. The fraction of sp³-hybridized carbons (Fsp3) is 0.462. The summed E-state index contributed by atoms with van der Waals surface area (Å²) in [5.41, 5.74) is 0.667. The molecule has 0 amide bonds. The van der Waals surface area contributed by atoms with Gasteiger partial charge in [-0.3, -0.25) is 4.90 Å². The molecule has 0 aliphatic rings. The molecular weight excluding hydrogens is 219 g/mol. The summed E-state index contributed by atoms with van der Waals surface area (Å²) in [7, 11) is 1.85. The van der Waals surface area contributed by atoms with Gasteiger partial charge in [-0.05, 0) is 44.7 Å².